The molecule has 1 saturated heterocycles. The first-order valence-corrected chi connectivity index (χ1v) is 6.64. The first-order chi connectivity index (χ1) is 8.19. The lowest BCUT2D eigenvalue weighted by Gasteiger charge is -2.36. The molecule has 1 aromatic rings. The molecule has 4 heteroatoms. The zero-order valence-electron chi connectivity index (χ0n) is 11.0. The zero-order chi connectivity index (χ0) is 12.3. The van der Waals surface area contributed by atoms with Crippen LogP contribution in [0.2, 0.25) is 0 Å². The minimum Gasteiger partial charge on any atom is -0.327 e. The van der Waals surface area contributed by atoms with Gasteiger partial charge in [0.25, 0.3) is 0 Å². The molecule has 1 aliphatic heterocycles. The Hall–Kier alpha value is -0.870. The Kier molecular flexibility index (Phi) is 4.18. The van der Waals surface area contributed by atoms with Gasteiger partial charge in [-0.3, -0.25) is 4.68 Å². The number of nitrogens with zero attached hydrogens (tertiary/aromatic N) is 3. The summed E-state index contributed by atoms with van der Waals surface area (Å²) in [6.45, 7) is 5.69. The van der Waals surface area contributed by atoms with E-state index >= 15 is 0 Å². The maximum absolute atomic E-state index is 6.12. The summed E-state index contributed by atoms with van der Waals surface area (Å²) in [6.07, 6.45) is 7.51. The molecule has 1 aliphatic rings. The summed E-state index contributed by atoms with van der Waals surface area (Å²) in [5.41, 5.74) is 7.45. The van der Waals surface area contributed by atoms with Crippen LogP contribution >= 0.6 is 0 Å². The molecule has 2 N–H and O–H groups in total. The van der Waals surface area contributed by atoms with Crippen LogP contribution in [0.15, 0.2) is 12.4 Å². The van der Waals surface area contributed by atoms with E-state index in [0.29, 0.717) is 12.0 Å². The molecule has 0 aliphatic carbocycles. The summed E-state index contributed by atoms with van der Waals surface area (Å²) < 4.78 is 1.87. The van der Waals surface area contributed by atoms with E-state index in [-0.39, 0.29) is 0 Å². The number of hydrogen-bond acceptors (Lipinski definition) is 3. The number of piperidine rings is 1. The van der Waals surface area contributed by atoms with E-state index in [0.717, 1.165) is 32.5 Å². The van der Waals surface area contributed by atoms with Crippen molar-refractivity contribution in [3.05, 3.63) is 18.0 Å². The minimum atomic E-state index is 0.412. The molecule has 0 bridgehead atoms. The van der Waals surface area contributed by atoms with Gasteiger partial charge in [0.15, 0.2) is 0 Å². The molecule has 2 rings (SSSR count). The second kappa shape index (κ2) is 5.65. The van der Waals surface area contributed by atoms with E-state index in [1.165, 1.54) is 12.0 Å². The SMILES string of the molecule is CCC1CN(CCc2cnn(C)c2)CCC1N. The van der Waals surface area contributed by atoms with Crippen LogP contribution in [0.3, 0.4) is 0 Å². The van der Waals surface area contributed by atoms with Gasteiger partial charge >= 0.3 is 0 Å². The maximum Gasteiger partial charge on any atom is 0.0522 e. The van der Waals surface area contributed by atoms with Crippen molar-refractivity contribution in [2.45, 2.75) is 32.2 Å². The Morgan fingerprint density at radius 3 is 3.00 bits per heavy atom. The number of aromatic nitrogens is 2. The molecule has 0 amide bonds. The Labute approximate surface area is 104 Å². The maximum atomic E-state index is 6.12. The summed E-state index contributed by atoms with van der Waals surface area (Å²) in [5, 5.41) is 4.20. The van der Waals surface area contributed by atoms with Crippen molar-refractivity contribution in [1.29, 1.82) is 0 Å². The van der Waals surface area contributed by atoms with Gasteiger partial charge in [-0.15, -0.1) is 0 Å². The molecular formula is C13H24N4. The Balaban J connectivity index is 1.80. The molecule has 1 aromatic heterocycles. The molecule has 0 aromatic carbocycles. The van der Waals surface area contributed by atoms with E-state index in [1.54, 1.807) is 0 Å². The third-order valence-corrected chi connectivity index (χ3v) is 3.88. The molecule has 0 radical (unpaired) electrons. The zero-order valence-corrected chi connectivity index (χ0v) is 11.0. The molecule has 2 heterocycles. The van der Waals surface area contributed by atoms with Crippen LogP contribution in [0.5, 0.6) is 0 Å². The van der Waals surface area contributed by atoms with Gasteiger partial charge in [-0.2, -0.15) is 5.10 Å². The molecule has 0 spiro atoms. The molecule has 1 fully saturated rings. The number of rotatable bonds is 4. The fourth-order valence-corrected chi connectivity index (χ4v) is 2.65. The average Bonchev–Trinajstić information content (AvgIpc) is 2.74. The Morgan fingerprint density at radius 1 is 1.53 bits per heavy atom. The topological polar surface area (TPSA) is 47.1 Å². The molecule has 2 unspecified atom stereocenters. The smallest absolute Gasteiger partial charge is 0.0522 e. The van der Waals surface area contributed by atoms with Gasteiger partial charge in [0.1, 0.15) is 0 Å². The van der Waals surface area contributed by atoms with Crippen molar-refractivity contribution in [1.82, 2.24) is 14.7 Å². The van der Waals surface area contributed by atoms with Crippen LogP contribution in [0.4, 0.5) is 0 Å². The standard InChI is InChI=1S/C13H24N4/c1-3-12-10-17(7-5-13(12)14)6-4-11-8-15-16(2)9-11/h8-9,12-13H,3-7,10,14H2,1-2H3. The van der Waals surface area contributed by atoms with Crippen molar-refractivity contribution in [2.75, 3.05) is 19.6 Å². The van der Waals surface area contributed by atoms with Gasteiger partial charge in [0, 0.05) is 32.4 Å². The predicted molar refractivity (Wildman–Crippen MR) is 69.7 cm³/mol. The number of aryl methyl sites for hydroxylation is 1. The summed E-state index contributed by atoms with van der Waals surface area (Å²) in [5.74, 6) is 0.678. The van der Waals surface area contributed by atoms with Gasteiger partial charge in [-0.1, -0.05) is 13.3 Å². The largest absolute Gasteiger partial charge is 0.327 e. The fraction of sp³-hybridized carbons (Fsp3) is 0.769. The molecule has 96 valence electrons. The van der Waals surface area contributed by atoms with Gasteiger partial charge in [0.05, 0.1) is 6.20 Å². The molecular weight excluding hydrogens is 212 g/mol. The summed E-state index contributed by atoms with van der Waals surface area (Å²) in [7, 11) is 1.97. The van der Waals surface area contributed by atoms with Crippen molar-refractivity contribution >= 4 is 0 Å². The number of likely N-dealkylation sites (tertiary alicyclic amines) is 1. The van der Waals surface area contributed by atoms with Gasteiger partial charge in [-0.25, -0.2) is 0 Å². The second-order valence-corrected chi connectivity index (χ2v) is 5.19. The summed E-state index contributed by atoms with van der Waals surface area (Å²) in [6, 6.07) is 0.412. The molecule has 0 saturated carbocycles. The third-order valence-electron chi connectivity index (χ3n) is 3.88. The first-order valence-electron chi connectivity index (χ1n) is 6.64. The summed E-state index contributed by atoms with van der Waals surface area (Å²) >= 11 is 0. The van der Waals surface area contributed by atoms with Crippen LogP contribution < -0.4 is 5.73 Å². The van der Waals surface area contributed by atoms with Crippen molar-refractivity contribution in [2.24, 2.45) is 18.7 Å². The highest BCUT2D eigenvalue weighted by atomic mass is 15.2. The number of nitrogens with two attached hydrogens (primary N) is 1. The van der Waals surface area contributed by atoms with E-state index in [9.17, 15) is 0 Å². The molecule has 17 heavy (non-hydrogen) atoms. The van der Waals surface area contributed by atoms with Gasteiger partial charge in [0.2, 0.25) is 0 Å². The van der Waals surface area contributed by atoms with Crippen LogP contribution in [-0.2, 0) is 13.5 Å². The predicted octanol–water partition coefficient (Wildman–Crippen LogP) is 1.02. The fourth-order valence-electron chi connectivity index (χ4n) is 2.65. The average molecular weight is 236 g/mol. The lowest BCUT2D eigenvalue weighted by atomic mass is 9.90. The van der Waals surface area contributed by atoms with Crippen molar-refractivity contribution in [3.63, 3.8) is 0 Å². The van der Waals surface area contributed by atoms with Crippen molar-refractivity contribution < 1.29 is 0 Å². The summed E-state index contributed by atoms with van der Waals surface area (Å²) in [4.78, 5) is 2.55. The lowest BCUT2D eigenvalue weighted by Crippen LogP contribution is -2.47. The van der Waals surface area contributed by atoms with E-state index in [4.69, 9.17) is 5.73 Å². The normalized spacial score (nSPS) is 26.3. The Morgan fingerprint density at radius 2 is 2.35 bits per heavy atom. The number of hydrogen-bond donors (Lipinski definition) is 1. The second-order valence-electron chi connectivity index (χ2n) is 5.19. The third kappa shape index (κ3) is 3.30. The Bertz CT molecular complexity index is 347. The monoisotopic (exact) mass is 236 g/mol. The van der Waals surface area contributed by atoms with Gasteiger partial charge in [-0.05, 0) is 30.9 Å². The van der Waals surface area contributed by atoms with E-state index in [1.807, 2.05) is 17.9 Å². The quantitative estimate of drug-likeness (QED) is 0.849. The highest BCUT2D eigenvalue weighted by Gasteiger charge is 2.24. The van der Waals surface area contributed by atoms with Crippen LogP contribution in [-0.4, -0.2) is 40.4 Å². The first kappa shape index (κ1) is 12.6. The molecule has 2 atom stereocenters. The van der Waals surface area contributed by atoms with Crippen molar-refractivity contribution in [3.8, 4) is 0 Å². The van der Waals surface area contributed by atoms with E-state index < -0.39 is 0 Å². The minimum absolute atomic E-state index is 0.412. The molecule has 4 nitrogen and oxygen atoms in total. The van der Waals surface area contributed by atoms with E-state index in [2.05, 4.69) is 23.1 Å². The van der Waals surface area contributed by atoms with Crippen LogP contribution in [0, 0.1) is 5.92 Å². The van der Waals surface area contributed by atoms with Crippen LogP contribution in [0.1, 0.15) is 25.3 Å². The van der Waals surface area contributed by atoms with Crippen LogP contribution in [0.25, 0.3) is 0 Å². The highest BCUT2D eigenvalue weighted by molar-refractivity contribution is 5.04. The highest BCUT2D eigenvalue weighted by Crippen LogP contribution is 2.18. The van der Waals surface area contributed by atoms with Gasteiger partial charge < -0.3 is 10.6 Å². The lowest BCUT2D eigenvalue weighted by molar-refractivity contribution is 0.153.